The molecule has 0 saturated heterocycles. The monoisotopic (exact) mass is 258 g/mol. The molecular weight excluding hydrogens is 249 g/mol. The quantitative estimate of drug-likeness (QED) is 0.475. The highest BCUT2D eigenvalue weighted by Gasteiger charge is 2.33. The normalized spacial score (nSPS) is 11.6. The van der Waals surface area contributed by atoms with E-state index in [-0.39, 0.29) is 11.8 Å². The van der Waals surface area contributed by atoms with Crippen LogP contribution >= 0.6 is 0 Å². The molecule has 0 aliphatic rings. The molecule has 6 heteroatoms. The molecule has 0 aliphatic heterocycles. The number of rotatable bonds is 3. The molecule has 0 aliphatic carbocycles. The smallest absolute Gasteiger partial charge is 0.417 e. The lowest BCUT2D eigenvalue weighted by molar-refractivity contribution is -0.138. The zero-order chi connectivity index (χ0) is 13.8. The van der Waals surface area contributed by atoms with Crippen molar-refractivity contribution >= 4 is 18.3 Å². The number of hydrogen-bond donors (Lipinski definition) is 0. The van der Waals surface area contributed by atoms with Crippen LogP contribution in [0.25, 0.3) is 6.08 Å². The molecule has 0 radical (unpaired) electrons. The fraction of sp³-hybridized carbons (Fsp3) is 0.167. The molecule has 0 saturated carbocycles. The number of carbonyl (C=O) groups is 2. The van der Waals surface area contributed by atoms with E-state index in [9.17, 15) is 22.8 Å². The first-order valence-corrected chi connectivity index (χ1v) is 4.81. The zero-order valence-corrected chi connectivity index (χ0v) is 9.32. The number of halogens is 3. The largest absolute Gasteiger partial charge is 0.466 e. The van der Waals surface area contributed by atoms with E-state index in [1.165, 1.54) is 12.1 Å². The van der Waals surface area contributed by atoms with Crippen molar-refractivity contribution < 1.29 is 27.5 Å². The molecule has 0 amide bonds. The van der Waals surface area contributed by atoms with Gasteiger partial charge in [-0.2, -0.15) is 13.2 Å². The summed E-state index contributed by atoms with van der Waals surface area (Å²) in [4.78, 5) is 21.3. The minimum atomic E-state index is -4.62. The van der Waals surface area contributed by atoms with Crippen molar-refractivity contribution in [1.29, 1.82) is 0 Å². The first-order chi connectivity index (χ1) is 8.38. The Hall–Kier alpha value is -2.11. The maximum atomic E-state index is 12.6. The fourth-order valence-electron chi connectivity index (χ4n) is 1.26. The van der Waals surface area contributed by atoms with E-state index in [0.717, 1.165) is 25.3 Å². The lowest BCUT2D eigenvalue weighted by atomic mass is 10.0. The second kappa shape index (κ2) is 5.48. The van der Waals surface area contributed by atoms with Crippen LogP contribution < -0.4 is 0 Å². The third kappa shape index (κ3) is 3.44. The Morgan fingerprint density at radius 1 is 1.33 bits per heavy atom. The number of alkyl halides is 3. The van der Waals surface area contributed by atoms with Crippen LogP contribution in [0, 0.1) is 0 Å². The predicted molar refractivity (Wildman–Crippen MR) is 57.9 cm³/mol. The lowest BCUT2D eigenvalue weighted by Crippen LogP contribution is -2.09. The van der Waals surface area contributed by atoms with E-state index in [2.05, 4.69) is 4.74 Å². The van der Waals surface area contributed by atoms with E-state index >= 15 is 0 Å². The van der Waals surface area contributed by atoms with Crippen LogP contribution in [0.1, 0.15) is 21.5 Å². The number of esters is 1. The summed E-state index contributed by atoms with van der Waals surface area (Å²) in [5, 5.41) is 0. The summed E-state index contributed by atoms with van der Waals surface area (Å²) in [5.74, 6) is -0.678. The molecule has 0 spiro atoms. The van der Waals surface area contributed by atoms with Gasteiger partial charge in [0.2, 0.25) is 0 Å². The first kappa shape index (κ1) is 14.0. The average Bonchev–Trinajstić information content (AvgIpc) is 2.34. The van der Waals surface area contributed by atoms with Crippen molar-refractivity contribution in [3.05, 3.63) is 41.0 Å². The van der Waals surface area contributed by atoms with Gasteiger partial charge in [0.1, 0.15) is 0 Å². The first-order valence-electron chi connectivity index (χ1n) is 4.81. The van der Waals surface area contributed by atoms with Gasteiger partial charge < -0.3 is 4.74 Å². The van der Waals surface area contributed by atoms with Crippen LogP contribution in [0.5, 0.6) is 0 Å². The summed E-state index contributed by atoms with van der Waals surface area (Å²) < 4.78 is 42.1. The number of benzene rings is 1. The second-order valence-electron chi connectivity index (χ2n) is 3.32. The molecule has 0 aromatic heterocycles. The summed E-state index contributed by atoms with van der Waals surface area (Å²) in [7, 11) is 1.16. The second-order valence-corrected chi connectivity index (χ2v) is 3.32. The molecule has 1 aromatic rings. The van der Waals surface area contributed by atoms with Crippen molar-refractivity contribution in [2.75, 3.05) is 7.11 Å². The van der Waals surface area contributed by atoms with Crippen LogP contribution in [0.2, 0.25) is 0 Å². The van der Waals surface area contributed by atoms with Crippen LogP contribution in [0.3, 0.4) is 0 Å². The van der Waals surface area contributed by atoms with Crippen molar-refractivity contribution in [2.24, 2.45) is 0 Å². The third-order valence-electron chi connectivity index (χ3n) is 2.12. The number of ether oxygens (including phenoxy) is 1. The number of hydrogen-bond acceptors (Lipinski definition) is 3. The van der Waals surface area contributed by atoms with Crippen LogP contribution in [-0.2, 0) is 15.7 Å². The highest BCUT2D eigenvalue weighted by atomic mass is 19.4. The van der Waals surface area contributed by atoms with Gasteiger partial charge in [-0.25, -0.2) is 4.79 Å². The molecule has 96 valence electrons. The summed E-state index contributed by atoms with van der Waals surface area (Å²) in [6.45, 7) is 0. The molecule has 0 heterocycles. The van der Waals surface area contributed by atoms with Gasteiger partial charge in [-0.1, -0.05) is 12.1 Å². The Morgan fingerprint density at radius 3 is 2.50 bits per heavy atom. The van der Waals surface area contributed by atoms with Gasteiger partial charge in [-0.05, 0) is 17.7 Å². The van der Waals surface area contributed by atoms with Crippen LogP contribution in [0.15, 0.2) is 24.3 Å². The van der Waals surface area contributed by atoms with E-state index in [1.807, 2.05) is 0 Å². The summed E-state index contributed by atoms with van der Waals surface area (Å²) in [6, 6.07) is 3.15. The standard InChI is InChI=1S/C12H9F3O3/c1-18-11(17)5-3-8-2-4-9(7-16)10(6-8)12(13,14)15/h2-7H,1H3. The average molecular weight is 258 g/mol. The molecule has 18 heavy (non-hydrogen) atoms. The van der Waals surface area contributed by atoms with Crippen molar-refractivity contribution in [2.45, 2.75) is 6.18 Å². The van der Waals surface area contributed by atoms with Crippen LogP contribution in [0.4, 0.5) is 13.2 Å². The predicted octanol–water partition coefficient (Wildman–Crippen LogP) is 2.70. The van der Waals surface area contributed by atoms with Gasteiger partial charge in [0.25, 0.3) is 0 Å². The van der Waals surface area contributed by atoms with Gasteiger partial charge in [-0.3, -0.25) is 4.79 Å². The van der Waals surface area contributed by atoms with Crippen molar-refractivity contribution in [3.8, 4) is 0 Å². The van der Waals surface area contributed by atoms with E-state index < -0.39 is 23.3 Å². The Kier molecular flexibility index (Phi) is 4.25. The van der Waals surface area contributed by atoms with Gasteiger partial charge in [-0.15, -0.1) is 0 Å². The summed E-state index contributed by atoms with van der Waals surface area (Å²) >= 11 is 0. The maximum absolute atomic E-state index is 12.6. The van der Waals surface area contributed by atoms with Crippen molar-refractivity contribution in [3.63, 3.8) is 0 Å². The van der Waals surface area contributed by atoms with E-state index in [1.54, 1.807) is 0 Å². The molecule has 0 atom stereocenters. The Morgan fingerprint density at radius 2 is 2.00 bits per heavy atom. The summed E-state index contributed by atoms with van der Waals surface area (Å²) in [6.07, 6.45) is -2.31. The van der Waals surface area contributed by atoms with E-state index in [4.69, 9.17) is 0 Å². The topological polar surface area (TPSA) is 43.4 Å². The van der Waals surface area contributed by atoms with Gasteiger partial charge >= 0.3 is 12.1 Å². The SMILES string of the molecule is COC(=O)C=Cc1ccc(C=O)c(C(F)(F)F)c1. The highest BCUT2D eigenvalue weighted by Crippen LogP contribution is 2.32. The Bertz CT molecular complexity index is 490. The molecule has 0 N–H and O–H groups in total. The zero-order valence-electron chi connectivity index (χ0n) is 9.32. The molecule has 0 fully saturated rings. The Balaban J connectivity index is 3.15. The molecule has 3 nitrogen and oxygen atoms in total. The minimum Gasteiger partial charge on any atom is -0.466 e. The number of carbonyl (C=O) groups excluding carboxylic acids is 2. The Labute approximate surface area is 101 Å². The van der Waals surface area contributed by atoms with Gasteiger partial charge in [0.05, 0.1) is 12.7 Å². The van der Waals surface area contributed by atoms with Crippen molar-refractivity contribution in [1.82, 2.24) is 0 Å². The van der Waals surface area contributed by atoms with E-state index in [0.29, 0.717) is 0 Å². The third-order valence-corrected chi connectivity index (χ3v) is 2.12. The maximum Gasteiger partial charge on any atom is 0.417 e. The highest BCUT2D eigenvalue weighted by molar-refractivity contribution is 5.87. The van der Waals surface area contributed by atoms with Gasteiger partial charge in [0, 0.05) is 11.6 Å². The molecule has 0 unspecified atom stereocenters. The number of methoxy groups -OCH3 is 1. The fourth-order valence-corrected chi connectivity index (χ4v) is 1.26. The number of aldehydes is 1. The van der Waals surface area contributed by atoms with Crippen LogP contribution in [-0.4, -0.2) is 19.4 Å². The molecular formula is C12H9F3O3. The minimum absolute atomic E-state index is 0.136. The lowest BCUT2D eigenvalue weighted by Gasteiger charge is -2.09. The molecule has 1 rings (SSSR count). The molecule has 1 aromatic carbocycles. The van der Waals surface area contributed by atoms with Gasteiger partial charge in [0.15, 0.2) is 6.29 Å². The molecule has 0 bridgehead atoms. The summed E-state index contributed by atoms with van der Waals surface area (Å²) in [5.41, 5.74) is -1.33.